The standard InChI is InChI=1S/C15H10BrNO2/c1-10(18)12-4-7-15(14(16)8-12)19-13-5-2-11(9-17)3-6-13/h2-8H,1H3. The van der Waals surface area contributed by atoms with E-state index in [0.29, 0.717) is 27.1 Å². The Labute approximate surface area is 119 Å². The normalized spacial score (nSPS) is 9.74. The summed E-state index contributed by atoms with van der Waals surface area (Å²) in [6.45, 7) is 1.52. The fourth-order valence-corrected chi connectivity index (χ4v) is 1.99. The number of Topliss-reactive ketones (excluding diaryl/α,β-unsaturated/α-hetero) is 1. The van der Waals surface area contributed by atoms with Crippen LogP contribution in [0.1, 0.15) is 22.8 Å². The minimum absolute atomic E-state index is 0.00521. The highest BCUT2D eigenvalue weighted by atomic mass is 79.9. The Morgan fingerprint density at radius 3 is 2.42 bits per heavy atom. The minimum Gasteiger partial charge on any atom is -0.456 e. The summed E-state index contributed by atoms with van der Waals surface area (Å²) in [7, 11) is 0. The first-order valence-electron chi connectivity index (χ1n) is 5.58. The fourth-order valence-electron chi connectivity index (χ4n) is 1.53. The molecule has 0 heterocycles. The molecule has 0 N–H and O–H groups in total. The van der Waals surface area contributed by atoms with Gasteiger partial charge in [-0.1, -0.05) is 0 Å². The maximum Gasteiger partial charge on any atom is 0.159 e. The van der Waals surface area contributed by atoms with E-state index in [9.17, 15) is 4.79 Å². The summed E-state index contributed by atoms with van der Waals surface area (Å²) in [6.07, 6.45) is 0. The van der Waals surface area contributed by atoms with Gasteiger partial charge in [0.25, 0.3) is 0 Å². The molecule has 0 aliphatic carbocycles. The zero-order valence-electron chi connectivity index (χ0n) is 10.2. The van der Waals surface area contributed by atoms with Crippen molar-refractivity contribution in [1.29, 1.82) is 5.26 Å². The van der Waals surface area contributed by atoms with E-state index in [1.807, 2.05) is 6.07 Å². The van der Waals surface area contributed by atoms with Crippen molar-refractivity contribution in [2.75, 3.05) is 0 Å². The van der Waals surface area contributed by atoms with Gasteiger partial charge < -0.3 is 4.74 Å². The molecule has 0 fully saturated rings. The van der Waals surface area contributed by atoms with Crippen LogP contribution in [0.5, 0.6) is 11.5 Å². The lowest BCUT2D eigenvalue weighted by atomic mass is 10.1. The van der Waals surface area contributed by atoms with Gasteiger partial charge in [-0.15, -0.1) is 0 Å². The molecule has 0 saturated heterocycles. The molecule has 4 heteroatoms. The Morgan fingerprint density at radius 2 is 1.89 bits per heavy atom. The number of nitrogens with zero attached hydrogens (tertiary/aromatic N) is 1. The number of hydrogen-bond donors (Lipinski definition) is 0. The van der Waals surface area contributed by atoms with Crippen LogP contribution in [0.2, 0.25) is 0 Å². The van der Waals surface area contributed by atoms with Crippen molar-refractivity contribution in [2.45, 2.75) is 6.92 Å². The van der Waals surface area contributed by atoms with Crippen LogP contribution >= 0.6 is 15.9 Å². The predicted molar refractivity (Wildman–Crippen MR) is 75.4 cm³/mol. The Balaban J connectivity index is 2.23. The second-order valence-electron chi connectivity index (χ2n) is 3.94. The first kappa shape index (κ1) is 13.3. The summed E-state index contributed by atoms with van der Waals surface area (Å²) >= 11 is 3.37. The molecule has 94 valence electrons. The molecule has 0 aromatic heterocycles. The summed E-state index contributed by atoms with van der Waals surface area (Å²) in [6, 6.07) is 14.0. The van der Waals surface area contributed by atoms with Crippen LogP contribution in [0.25, 0.3) is 0 Å². The van der Waals surface area contributed by atoms with Gasteiger partial charge in [-0.2, -0.15) is 5.26 Å². The minimum atomic E-state index is 0.00521. The van der Waals surface area contributed by atoms with E-state index >= 15 is 0 Å². The van der Waals surface area contributed by atoms with Crippen molar-refractivity contribution in [1.82, 2.24) is 0 Å². The van der Waals surface area contributed by atoms with Crippen molar-refractivity contribution in [3.8, 4) is 17.6 Å². The molecule has 0 aliphatic rings. The predicted octanol–water partition coefficient (Wildman–Crippen LogP) is 4.32. The van der Waals surface area contributed by atoms with Crippen LogP contribution < -0.4 is 4.74 Å². The van der Waals surface area contributed by atoms with Crippen molar-refractivity contribution in [2.24, 2.45) is 0 Å². The Kier molecular flexibility index (Phi) is 3.98. The highest BCUT2D eigenvalue weighted by Crippen LogP contribution is 2.30. The quantitative estimate of drug-likeness (QED) is 0.793. The Bertz CT molecular complexity index is 657. The molecule has 2 rings (SSSR count). The largest absolute Gasteiger partial charge is 0.456 e. The number of ether oxygens (including phenoxy) is 1. The highest BCUT2D eigenvalue weighted by Gasteiger charge is 2.06. The third-order valence-electron chi connectivity index (χ3n) is 2.55. The molecule has 0 radical (unpaired) electrons. The molecule has 0 bridgehead atoms. The molecular formula is C15H10BrNO2. The molecular weight excluding hydrogens is 306 g/mol. The number of carbonyl (C=O) groups is 1. The van der Waals surface area contributed by atoms with Crippen LogP contribution in [-0.2, 0) is 0 Å². The molecule has 0 aliphatic heterocycles. The topological polar surface area (TPSA) is 50.1 Å². The second kappa shape index (κ2) is 5.68. The Hall–Kier alpha value is -2.12. The third-order valence-corrected chi connectivity index (χ3v) is 3.17. The van der Waals surface area contributed by atoms with Crippen LogP contribution in [0.3, 0.4) is 0 Å². The number of carbonyl (C=O) groups excluding carboxylic acids is 1. The maximum absolute atomic E-state index is 11.2. The van der Waals surface area contributed by atoms with Crippen molar-refractivity contribution in [3.05, 3.63) is 58.1 Å². The van der Waals surface area contributed by atoms with E-state index in [0.717, 1.165) is 0 Å². The van der Waals surface area contributed by atoms with Crippen LogP contribution in [0.15, 0.2) is 46.9 Å². The van der Waals surface area contributed by atoms with Gasteiger partial charge in [-0.25, -0.2) is 0 Å². The highest BCUT2D eigenvalue weighted by molar-refractivity contribution is 9.10. The summed E-state index contributed by atoms with van der Waals surface area (Å²) in [5, 5.41) is 8.71. The number of ketones is 1. The SMILES string of the molecule is CC(=O)c1ccc(Oc2ccc(C#N)cc2)c(Br)c1. The smallest absolute Gasteiger partial charge is 0.159 e. The van der Waals surface area contributed by atoms with Gasteiger partial charge >= 0.3 is 0 Å². The van der Waals surface area contributed by atoms with E-state index in [1.54, 1.807) is 42.5 Å². The van der Waals surface area contributed by atoms with Gasteiger partial charge in [0.05, 0.1) is 16.1 Å². The number of benzene rings is 2. The van der Waals surface area contributed by atoms with E-state index in [4.69, 9.17) is 10.00 Å². The van der Waals surface area contributed by atoms with Crippen molar-refractivity contribution >= 4 is 21.7 Å². The number of halogens is 1. The fraction of sp³-hybridized carbons (Fsp3) is 0.0667. The molecule has 3 nitrogen and oxygen atoms in total. The van der Waals surface area contributed by atoms with Crippen LogP contribution in [0, 0.1) is 11.3 Å². The number of nitriles is 1. The molecule has 0 spiro atoms. The number of hydrogen-bond acceptors (Lipinski definition) is 3. The Morgan fingerprint density at radius 1 is 1.21 bits per heavy atom. The molecule has 0 unspecified atom stereocenters. The zero-order chi connectivity index (χ0) is 13.8. The van der Waals surface area contributed by atoms with E-state index < -0.39 is 0 Å². The van der Waals surface area contributed by atoms with Crippen LogP contribution in [0.4, 0.5) is 0 Å². The van der Waals surface area contributed by atoms with Gasteiger partial charge in [-0.3, -0.25) is 4.79 Å². The van der Waals surface area contributed by atoms with Crippen molar-refractivity contribution in [3.63, 3.8) is 0 Å². The molecule has 2 aromatic rings. The van der Waals surface area contributed by atoms with Gasteiger partial charge in [0.1, 0.15) is 11.5 Å². The third kappa shape index (κ3) is 3.21. The van der Waals surface area contributed by atoms with E-state index in [2.05, 4.69) is 15.9 Å². The van der Waals surface area contributed by atoms with E-state index in [1.165, 1.54) is 6.92 Å². The van der Waals surface area contributed by atoms with Gasteiger partial charge in [0.15, 0.2) is 5.78 Å². The lowest BCUT2D eigenvalue weighted by Gasteiger charge is -2.08. The van der Waals surface area contributed by atoms with Crippen molar-refractivity contribution < 1.29 is 9.53 Å². The summed E-state index contributed by atoms with van der Waals surface area (Å²) in [5.74, 6) is 1.26. The molecule has 19 heavy (non-hydrogen) atoms. The molecule has 2 aromatic carbocycles. The average Bonchev–Trinajstić information content (AvgIpc) is 2.41. The monoisotopic (exact) mass is 315 g/mol. The molecule has 0 saturated carbocycles. The zero-order valence-corrected chi connectivity index (χ0v) is 11.8. The summed E-state index contributed by atoms with van der Waals surface area (Å²) in [5.41, 5.74) is 1.21. The lowest BCUT2D eigenvalue weighted by Crippen LogP contribution is -1.93. The summed E-state index contributed by atoms with van der Waals surface area (Å²) in [4.78, 5) is 11.2. The average molecular weight is 316 g/mol. The van der Waals surface area contributed by atoms with Crippen LogP contribution in [-0.4, -0.2) is 5.78 Å². The van der Waals surface area contributed by atoms with Gasteiger partial charge in [0.2, 0.25) is 0 Å². The maximum atomic E-state index is 11.2. The second-order valence-corrected chi connectivity index (χ2v) is 4.79. The van der Waals surface area contributed by atoms with Gasteiger partial charge in [-0.05, 0) is 65.3 Å². The molecule has 0 atom stereocenters. The lowest BCUT2D eigenvalue weighted by molar-refractivity contribution is 0.101. The number of rotatable bonds is 3. The van der Waals surface area contributed by atoms with Gasteiger partial charge in [0, 0.05) is 5.56 Å². The molecule has 0 amide bonds. The first-order valence-corrected chi connectivity index (χ1v) is 6.38. The first-order chi connectivity index (χ1) is 9.10. The van der Waals surface area contributed by atoms with E-state index in [-0.39, 0.29) is 5.78 Å². The summed E-state index contributed by atoms with van der Waals surface area (Å²) < 4.78 is 6.39.